The summed E-state index contributed by atoms with van der Waals surface area (Å²) >= 11 is 0. The van der Waals surface area contributed by atoms with E-state index in [2.05, 4.69) is 19.1 Å². The highest BCUT2D eigenvalue weighted by Gasteiger charge is 2.07. The maximum atomic E-state index is 11.4. The summed E-state index contributed by atoms with van der Waals surface area (Å²) in [6, 6.07) is 0. The van der Waals surface area contributed by atoms with Crippen LogP contribution in [0.1, 0.15) is 96.8 Å². The average molecular weight is 455 g/mol. The van der Waals surface area contributed by atoms with Gasteiger partial charge in [0.15, 0.2) is 0 Å². The van der Waals surface area contributed by atoms with Gasteiger partial charge in [0.2, 0.25) is 0 Å². The third kappa shape index (κ3) is 34.7. The van der Waals surface area contributed by atoms with Gasteiger partial charge in [-0.25, -0.2) is 4.57 Å². The van der Waals surface area contributed by atoms with E-state index in [0.29, 0.717) is 6.42 Å². The normalized spacial score (nSPS) is 12.5. The Hall–Kier alpha value is -0.760. The van der Waals surface area contributed by atoms with Gasteiger partial charge in [-0.15, -0.1) is 0 Å². The Morgan fingerprint density at radius 2 is 1.30 bits per heavy atom. The van der Waals surface area contributed by atoms with Crippen LogP contribution in [0.4, 0.5) is 0 Å². The Labute approximate surface area is 181 Å². The first-order valence-electron chi connectivity index (χ1n) is 11.1. The molecule has 180 valence electrons. The van der Waals surface area contributed by atoms with Crippen LogP contribution in [0.15, 0.2) is 12.2 Å². The van der Waals surface area contributed by atoms with Crippen LogP contribution in [-0.2, 0) is 14.1 Å². The van der Waals surface area contributed by atoms with E-state index in [-0.39, 0.29) is 19.2 Å². The minimum atomic E-state index is -4.64. The fourth-order valence-electron chi connectivity index (χ4n) is 2.65. The zero-order valence-electron chi connectivity index (χ0n) is 18.5. The lowest BCUT2D eigenvalue weighted by atomic mass is 10.1. The van der Waals surface area contributed by atoms with Gasteiger partial charge in [0, 0.05) is 6.42 Å². The maximum absolute atomic E-state index is 11.4. The Bertz CT molecular complexity index is 442. The molecule has 0 bridgehead atoms. The quantitative estimate of drug-likeness (QED) is 0.0905. The van der Waals surface area contributed by atoms with Crippen LogP contribution in [0.25, 0.3) is 0 Å². The molecule has 0 aromatic rings. The summed E-state index contributed by atoms with van der Waals surface area (Å²) in [6.07, 6.45) is 20.1. The number of hydrogen-bond donors (Lipinski definition) is 5. The number of aliphatic hydroxyl groups is 2. The highest BCUT2D eigenvalue weighted by molar-refractivity contribution is 7.45. The van der Waals surface area contributed by atoms with Crippen molar-refractivity contribution >= 4 is 13.8 Å². The largest absolute Gasteiger partial charge is 0.466 e. The lowest BCUT2D eigenvalue weighted by Gasteiger charge is -2.08. The van der Waals surface area contributed by atoms with Crippen LogP contribution >= 0.6 is 7.82 Å². The molecule has 0 rings (SSSR count). The van der Waals surface area contributed by atoms with E-state index in [1.165, 1.54) is 57.8 Å². The SMILES string of the molecule is CCCCCCCC/C=C\CCCCCCCC(=O)OCC(O)CO.O=P(O)(O)O. The Kier molecular flexibility index (Phi) is 24.0. The number of carbonyl (C=O) groups excluding carboxylic acids is 1. The Morgan fingerprint density at radius 1 is 0.867 bits per heavy atom. The summed E-state index contributed by atoms with van der Waals surface area (Å²) in [5, 5.41) is 17.7. The van der Waals surface area contributed by atoms with Gasteiger partial charge < -0.3 is 29.6 Å². The van der Waals surface area contributed by atoms with Crippen molar-refractivity contribution in [1.29, 1.82) is 0 Å². The minimum absolute atomic E-state index is 0.111. The second-order valence-electron chi connectivity index (χ2n) is 7.37. The molecule has 8 nitrogen and oxygen atoms in total. The maximum Gasteiger partial charge on any atom is 0.466 e. The molecule has 30 heavy (non-hydrogen) atoms. The van der Waals surface area contributed by atoms with Crippen LogP contribution < -0.4 is 0 Å². The van der Waals surface area contributed by atoms with Gasteiger partial charge in [-0.05, 0) is 32.1 Å². The van der Waals surface area contributed by atoms with Gasteiger partial charge in [0.25, 0.3) is 0 Å². The minimum Gasteiger partial charge on any atom is -0.463 e. The second kappa shape index (κ2) is 22.9. The van der Waals surface area contributed by atoms with E-state index in [1.54, 1.807) is 0 Å². The number of hydrogen-bond acceptors (Lipinski definition) is 5. The van der Waals surface area contributed by atoms with Crippen molar-refractivity contribution in [3.8, 4) is 0 Å². The van der Waals surface area contributed by atoms with E-state index in [4.69, 9.17) is 34.2 Å². The zero-order valence-corrected chi connectivity index (χ0v) is 19.3. The molecule has 0 spiro atoms. The van der Waals surface area contributed by atoms with E-state index < -0.39 is 13.9 Å². The smallest absolute Gasteiger partial charge is 0.463 e. The van der Waals surface area contributed by atoms with Crippen LogP contribution in [0, 0.1) is 0 Å². The second-order valence-corrected chi connectivity index (χ2v) is 8.39. The summed E-state index contributed by atoms with van der Waals surface area (Å²) in [6.45, 7) is 1.77. The summed E-state index contributed by atoms with van der Waals surface area (Å²) in [5.74, 6) is -0.287. The molecule has 0 aromatic heterocycles. The van der Waals surface area contributed by atoms with Crippen LogP contribution in [0.3, 0.4) is 0 Å². The average Bonchev–Trinajstić information content (AvgIpc) is 2.67. The molecule has 0 aromatic carbocycles. The topological polar surface area (TPSA) is 145 Å². The molecule has 9 heteroatoms. The van der Waals surface area contributed by atoms with Gasteiger partial charge in [-0.1, -0.05) is 70.4 Å². The van der Waals surface area contributed by atoms with Gasteiger partial charge in [0.1, 0.15) is 12.7 Å². The number of rotatable bonds is 18. The third-order valence-electron chi connectivity index (χ3n) is 4.29. The van der Waals surface area contributed by atoms with Crippen molar-refractivity contribution in [2.75, 3.05) is 13.2 Å². The van der Waals surface area contributed by atoms with Gasteiger partial charge in [-0.2, -0.15) is 0 Å². The van der Waals surface area contributed by atoms with Gasteiger partial charge in [0.05, 0.1) is 6.61 Å². The van der Waals surface area contributed by atoms with Crippen molar-refractivity contribution in [2.24, 2.45) is 0 Å². The van der Waals surface area contributed by atoms with E-state index in [9.17, 15) is 4.79 Å². The fourth-order valence-corrected chi connectivity index (χ4v) is 2.65. The highest BCUT2D eigenvalue weighted by Crippen LogP contribution is 2.25. The number of esters is 1. The summed E-state index contributed by atoms with van der Waals surface area (Å²) in [5.41, 5.74) is 0. The molecule has 0 radical (unpaired) electrons. The lowest BCUT2D eigenvalue weighted by molar-refractivity contribution is -0.147. The number of unbranched alkanes of at least 4 members (excludes halogenated alkanes) is 11. The van der Waals surface area contributed by atoms with Crippen molar-refractivity contribution in [2.45, 2.75) is 103 Å². The van der Waals surface area contributed by atoms with Gasteiger partial charge >= 0.3 is 13.8 Å². The standard InChI is InChI=1S/C21H40O4.H3O4P/c1-2-3-4-5-6-7-8-9-10-11-12-13-14-15-16-17-21(24)25-19-20(23)18-22;1-5(2,3)4/h9-10,20,22-23H,2-8,11-19H2,1H3;(H3,1,2,3,4)/b10-9-;. The van der Waals surface area contributed by atoms with E-state index in [1.807, 2.05) is 0 Å². The number of ether oxygens (including phenoxy) is 1. The molecule has 0 aliphatic carbocycles. The predicted molar refractivity (Wildman–Crippen MR) is 118 cm³/mol. The number of aliphatic hydroxyl groups excluding tert-OH is 2. The highest BCUT2D eigenvalue weighted by atomic mass is 31.2. The Morgan fingerprint density at radius 3 is 1.77 bits per heavy atom. The van der Waals surface area contributed by atoms with Crippen LogP contribution in [0.5, 0.6) is 0 Å². The summed E-state index contributed by atoms with van der Waals surface area (Å²) in [4.78, 5) is 32.9. The molecule has 0 fully saturated rings. The third-order valence-corrected chi connectivity index (χ3v) is 4.29. The summed E-state index contributed by atoms with van der Waals surface area (Å²) in [7, 11) is -4.64. The first-order chi connectivity index (χ1) is 14.2. The van der Waals surface area contributed by atoms with Crippen molar-refractivity contribution in [1.82, 2.24) is 0 Å². The first-order valence-corrected chi connectivity index (χ1v) is 12.6. The summed E-state index contributed by atoms with van der Waals surface area (Å²) < 4.78 is 13.7. The van der Waals surface area contributed by atoms with E-state index >= 15 is 0 Å². The molecule has 0 aliphatic rings. The monoisotopic (exact) mass is 454 g/mol. The van der Waals surface area contributed by atoms with Crippen molar-refractivity contribution < 1.29 is 39.0 Å². The Balaban J connectivity index is 0. The van der Waals surface area contributed by atoms with Crippen LogP contribution in [-0.4, -0.2) is 50.2 Å². The fraction of sp³-hybridized carbons (Fsp3) is 0.857. The van der Waals surface area contributed by atoms with Crippen molar-refractivity contribution in [3.05, 3.63) is 12.2 Å². The molecule has 0 saturated heterocycles. The number of phosphoric acid groups is 1. The van der Waals surface area contributed by atoms with Crippen LogP contribution in [0.2, 0.25) is 0 Å². The molecular weight excluding hydrogens is 411 g/mol. The molecule has 1 unspecified atom stereocenters. The number of allylic oxidation sites excluding steroid dienone is 2. The predicted octanol–water partition coefficient (Wildman–Crippen LogP) is 3.99. The number of carbonyl (C=O) groups is 1. The molecule has 0 aliphatic heterocycles. The molecule has 1 atom stereocenters. The molecule has 0 amide bonds. The molecule has 0 saturated carbocycles. The van der Waals surface area contributed by atoms with Crippen molar-refractivity contribution in [3.63, 3.8) is 0 Å². The van der Waals surface area contributed by atoms with E-state index in [0.717, 1.165) is 25.7 Å². The first kappa shape index (κ1) is 31.4. The molecule has 0 heterocycles. The molecule has 5 N–H and O–H groups in total. The zero-order chi connectivity index (χ0) is 23.1. The molecular formula is C21H43O8P. The lowest BCUT2D eigenvalue weighted by Crippen LogP contribution is -2.21. The van der Waals surface area contributed by atoms with Gasteiger partial charge in [-0.3, -0.25) is 4.79 Å².